The van der Waals surface area contributed by atoms with Crippen LogP contribution in [0.25, 0.3) is 5.57 Å². The van der Waals surface area contributed by atoms with Gasteiger partial charge in [0.15, 0.2) is 0 Å². The van der Waals surface area contributed by atoms with Crippen LogP contribution in [0.5, 0.6) is 5.75 Å². The van der Waals surface area contributed by atoms with Crippen LogP contribution < -0.4 is 15.0 Å². The molecule has 0 bridgehead atoms. The normalized spacial score (nSPS) is 27.3. The minimum atomic E-state index is -0.106. The molecule has 0 saturated heterocycles. The standard InChI is InChI=1S/C30H36N2O/c1-19-17-29(2,3)31-24-16-15-23-27-20(9-8-10-25(27)33-7)18-30(4,28(23)26(19)24)21-11-13-22(14-12-21)32(5)6/h8-17,24,26,31H,18H2,1-7H3. The molecule has 2 aromatic rings. The van der Waals surface area contributed by atoms with E-state index in [1.54, 1.807) is 7.11 Å². The average molecular weight is 441 g/mol. The first kappa shape index (κ1) is 22.0. The molecule has 0 spiro atoms. The van der Waals surface area contributed by atoms with E-state index in [1.165, 1.54) is 39.1 Å². The second-order valence-corrected chi connectivity index (χ2v) is 10.9. The molecule has 2 aromatic carbocycles. The first-order valence-corrected chi connectivity index (χ1v) is 12.0. The van der Waals surface area contributed by atoms with Gasteiger partial charge in [-0.3, -0.25) is 0 Å². The van der Waals surface area contributed by atoms with Gasteiger partial charge >= 0.3 is 0 Å². The number of rotatable bonds is 3. The Morgan fingerprint density at radius 2 is 1.76 bits per heavy atom. The fraction of sp³-hybridized carbons (Fsp3) is 0.400. The number of anilines is 1. The van der Waals surface area contributed by atoms with Crippen molar-refractivity contribution in [2.75, 3.05) is 26.1 Å². The van der Waals surface area contributed by atoms with Crippen molar-refractivity contribution in [3.63, 3.8) is 0 Å². The summed E-state index contributed by atoms with van der Waals surface area (Å²) in [5.74, 6) is 1.30. The van der Waals surface area contributed by atoms with Crippen LogP contribution in [0.4, 0.5) is 5.69 Å². The molecule has 3 nitrogen and oxygen atoms in total. The second kappa shape index (κ2) is 7.63. The van der Waals surface area contributed by atoms with E-state index in [4.69, 9.17) is 4.74 Å². The lowest BCUT2D eigenvalue weighted by Crippen LogP contribution is -2.54. The van der Waals surface area contributed by atoms with Crippen molar-refractivity contribution in [1.82, 2.24) is 5.32 Å². The molecule has 0 aromatic heterocycles. The van der Waals surface area contributed by atoms with Gasteiger partial charge in [0.25, 0.3) is 0 Å². The Labute approximate surface area is 198 Å². The van der Waals surface area contributed by atoms with Gasteiger partial charge in [0.1, 0.15) is 5.75 Å². The van der Waals surface area contributed by atoms with Gasteiger partial charge in [0, 0.05) is 48.3 Å². The quantitative estimate of drug-likeness (QED) is 0.601. The Bertz CT molecular complexity index is 1180. The summed E-state index contributed by atoms with van der Waals surface area (Å²) in [7, 11) is 5.98. The Hall–Kier alpha value is -2.78. The third-order valence-electron chi connectivity index (χ3n) is 7.81. The molecule has 1 N–H and O–H groups in total. The van der Waals surface area contributed by atoms with Crippen molar-refractivity contribution >= 4 is 11.3 Å². The van der Waals surface area contributed by atoms with E-state index in [2.05, 4.69) is 113 Å². The highest BCUT2D eigenvalue weighted by molar-refractivity contribution is 5.88. The van der Waals surface area contributed by atoms with Gasteiger partial charge in [-0.1, -0.05) is 55.0 Å². The number of allylic oxidation sites excluding steroid dienone is 2. The molecule has 0 amide bonds. The summed E-state index contributed by atoms with van der Waals surface area (Å²) >= 11 is 0. The lowest BCUT2D eigenvalue weighted by atomic mass is 9.57. The molecule has 0 fully saturated rings. The molecule has 3 atom stereocenters. The predicted octanol–water partition coefficient (Wildman–Crippen LogP) is 5.91. The Morgan fingerprint density at radius 1 is 1.03 bits per heavy atom. The minimum Gasteiger partial charge on any atom is -0.496 e. The van der Waals surface area contributed by atoms with Crippen LogP contribution >= 0.6 is 0 Å². The fourth-order valence-corrected chi connectivity index (χ4v) is 6.44. The zero-order valence-corrected chi connectivity index (χ0v) is 21.0. The number of nitrogens with zero attached hydrogens (tertiary/aromatic N) is 1. The van der Waals surface area contributed by atoms with E-state index in [-0.39, 0.29) is 11.0 Å². The molecule has 3 unspecified atom stereocenters. The van der Waals surface area contributed by atoms with Crippen LogP contribution in [0.1, 0.15) is 44.4 Å². The third kappa shape index (κ3) is 3.45. The lowest BCUT2D eigenvalue weighted by molar-refractivity contribution is 0.333. The molecule has 3 heteroatoms. The highest BCUT2D eigenvalue weighted by Gasteiger charge is 2.47. The minimum absolute atomic E-state index is 0.0122. The molecule has 1 heterocycles. The molecule has 2 aliphatic carbocycles. The number of methoxy groups -OCH3 is 1. The topological polar surface area (TPSA) is 24.5 Å². The van der Waals surface area contributed by atoms with E-state index >= 15 is 0 Å². The average Bonchev–Trinajstić information content (AvgIpc) is 2.77. The number of ether oxygens (including phenoxy) is 1. The van der Waals surface area contributed by atoms with Crippen molar-refractivity contribution in [2.24, 2.45) is 5.92 Å². The summed E-state index contributed by atoms with van der Waals surface area (Å²) < 4.78 is 5.87. The Balaban J connectivity index is 1.77. The van der Waals surface area contributed by atoms with Gasteiger partial charge in [0.2, 0.25) is 0 Å². The first-order chi connectivity index (χ1) is 15.6. The van der Waals surface area contributed by atoms with E-state index in [9.17, 15) is 0 Å². The number of benzene rings is 2. The molecular weight excluding hydrogens is 404 g/mol. The zero-order valence-electron chi connectivity index (χ0n) is 21.0. The maximum absolute atomic E-state index is 5.87. The first-order valence-electron chi connectivity index (χ1n) is 12.0. The maximum Gasteiger partial charge on any atom is 0.126 e. The number of nitrogens with one attached hydrogen (secondary N) is 1. The van der Waals surface area contributed by atoms with E-state index in [1.807, 2.05) is 0 Å². The van der Waals surface area contributed by atoms with E-state index < -0.39 is 0 Å². The van der Waals surface area contributed by atoms with Gasteiger partial charge in [-0.15, -0.1) is 0 Å². The largest absolute Gasteiger partial charge is 0.496 e. The van der Waals surface area contributed by atoms with Gasteiger partial charge in [0.05, 0.1) is 7.11 Å². The summed E-state index contributed by atoms with van der Waals surface area (Å²) in [6.45, 7) is 9.29. The van der Waals surface area contributed by atoms with Crippen molar-refractivity contribution in [1.29, 1.82) is 0 Å². The molecule has 3 aliphatic rings. The molecule has 1 aliphatic heterocycles. The third-order valence-corrected chi connectivity index (χ3v) is 7.81. The SMILES string of the molecule is COc1cccc2c1C1=C(C3C(C)=CC(C)(C)NC3C=C1)C(C)(c1ccc(N(C)C)cc1)C2. The highest BCUT2D eigenvalue weighted by atomic mass is 16.5. The van der Waals surface area contributed by atoms with Crippen LogP contribution in [0, 0.1) is 5.92 Å². The summed E-state index contributed by atoms with van der Waals surface area (Å²) in [5, 5.41) is 3.89. The van der Waals surface area contributed by atoms with Gasteiger partial charge in [-0.2, -0.15) is 0 Å². The molecule has 5 rings (SSSR count). The van der Waals surface area contributed by atoms with Gasteiger partial charge in [-0.05, 0) is 67.7 Å². The van der Waals surface area contributed by atoms with E-state index in [0.29, 0.717) is 12.0 Å². The Morgan fingerprint density at radius 3 is 2.42 bits per heavy atom. The summed E-state index contributed by atoms with van der Waals surface area (Å²) in [6.07, 6.45) is 8.11. The van der Waals surface area contributed by atoms with Crippen LogP contribution in [0.2, 0.25) is 0 Å². The molecule has 172 valence electrons. The monoisotopic (exact) mass is 440 g/mol. The van der Waals surface area contributed by atoms with Gasteiger partial charge in [-0.25, -0.2) is 0 Å². The van der Waals surface area contributed by atoms with Crippen LogP contribution in [-0.4, -0.2) is 32.8 Å². The molecular formula is C30H36N2O. The van der Waals surface area contributed by atoms with Crippen molar-refractivity contribution < 1.29 is 4.74 Å². The van der Waals surface area contributed by atoms with Crippen molar-refractivity contribution in [2.45, 2.75) is 51.1 Å². The zero-order chi connectivity index (χ0) is 23.5. The van der Waals surface area contributed by atoms with Crippen LogP contribution in [0.15, 0.2) is 71.8 Å². The van der Waals surface area contributed by atoms with E-state index in [0.717, 1.165) is 12.2 Å². The van der Waals surface area contributed by atoms with Gasteiger partial charge < -0.3 is 15.0 Å². The van der Waals surface area contributed by atoms with Crippen molar-refractivity contribution in [3.8, 4) is 5.75 Å². The lowest BCUT2D eigenvalue weighted by Gasteiger charge is -2.50. The Kier molecular flexibility index (Phi) is 5.10. The summed E-state index contributed by atoms with van der Waals surface area (Å²) in [5.41, 5.74) is 9.42. The molecule has 0 radical (unpaired) electrons. The molecule has 33 heavy (non-hydrogen) atoms. The fourth-order valence-electron chi connectivity index (χ4n) is 6.44. The van der Waals surface area contributed by atoms with Crippen LogP contribution in [-0.2, 0) is 11.8 Å². The number of fused-ring (bicyclic) bond motifs is 4. The van der Waals surface area contributed by atoms with Crippen LogP contribution in [0.3, 0.4) is 0 Å². The maximum atomic E-state index is 5.87. The summed E-state index contributed by atoms with van der Waals surface area (Å²) in [6, 6.07) is 16.0. The predicted molar refractivity (Wildman–Crippen MR) is 139 cm³/mol. The molecule has 0 saturated carbocycles. The number of hydrogen-bond acceptors (Lipinski definition) is 3. The van der Waals surface area contributed by atoms with Crippen molar-refractivity contribution in [3.05, 3.63) is 88.5 Å². The second-order valence-electron chi connectivity index (χ2n) is 10.9. The summed E-state index contributed by atoms with van der Waals surface area (Å²) in [4.78, 5) is 2.16. The number of hydrogen-bond donors (Lipinski definition) is 1. The highest BCUT2D eigenvalue weighted by Crippen LogP contribution is 2.55. The smallest absolute Gasteiger partial charge is 0.126 e.